The largest absolute Gasteiger partial charge is 0.364 e. The third kappa shape index (κ3) is 4.91. The molecule has 0 spiro atoms. The summed E-state index contributed by atoms with van der Waals surface area (Å²) >= 11 is 0. The minimum Gasteiger partial charge on any atom is -0.364 e. The lowest BCUT2D eigenvalue weighted by molar-refractivity contribution is 0.102. The number of aromatic nitrogens is 2. The molecule has 3 aromatic rings. The van der Waals surface area contributed by atoms with E-state index in [4.69, 9.17) is 0 Å². The zero-order valence-corrected chi connectivity index (χ0v) is 16.2. The van der Waals surface area contributed by atoms with Crippen LogP contribution < -0.4 is 10.6 Å². The molecule has 0 atom stereocenters. The van der Waals surface area contributed by atoms with E-state index >= 15 is 0 Å². The lowest BCUT2D eigenvalue weighted by atomic mass is 9.87. The van der Waals surface area contributed by atoms with Gasteiger partial charge in [-0.2, -0.15) is 0 Å². The fourth-order valence-electron chi connectivity index (χ4n) is 2.62. The van der Waals surface area contributed by atoms with Crippen LogP contribution in [0.3, 0.4) is 0 Å². The first kappa shape index (κ1) is 19.5. The molecule has 28 heavy (non-hydrogen) atoms. The van der Waals surface area contributed by atoms with Gasteiger partial charge in [-0.15, -0.1) is 10.2 Å². The van der Waals surface area contributed by atoms with Crippen LogP contribution in [0, 0.1) is 5.82 Å². The van der Waals surface area contributed by atoms with Gasteiger partial charge in [-0.05, 0) is 41.3 Å². The summed E-state index contributed by atoms with van der Waals surface area (Å²) < 4.78 is 13.6. The lowest BCUT2D eigenvalue weighted by Crippen LogP contribution is -2.15. The van der Waals surface area contributed by atoms with E-state index in [1.54, 1.807) is 30.3 Å². The van der Waals surface area contributed by atoms with Crippen LogP contribution in [0.15, 0.2) is 60.7 Å². The predicted octanol–water partition coefficient (Wildman–Crippen LogP) is 4.78. The van der Waals surface area contributed by atoms with Crippen molar-refractivity contribution >= 4 is 17.4 Å². The smallest absolute Gasteiger partial charge is 0.276 e. The molecule has 1 amide bonds. The summed E-state index contributed by atoms with van der Waals surface area (Å²) in [4.78, 5) is 12.3. The van der Waals surface area contributed by atoms with E-state index in [2.05, 4.69) is 41.6 Å². The Bertz CT molecular complexity index is 948. The molecule has 0 saturated carbocycles. The van der Waals surface area contributed by atoms with Crippen LogP contribution >= 0.6 is 0 Å². The molecule has 0 saturated heterocycles. The van der Waals surface area contributed by atoms with Crippen molar-refractivity contribution in [2.45, 2.75) is 32.7 Å². The first-order valence-corrected chi connectivity index (χ1v) is 9.06. The molecule has 0 bridgehead atoms. The number of carbonyl (C=O) groups is 1. The first-order chi connectivity index (χ1) is 13.3. The van der Waals surface area contributed by atoms with Gasteiger partial charge in [0.05, 0.1) is 0 Å². The van der Waals surface area contributed by atoms with Gasteiger partial charge < -0.3 is 10.6 Å². The molecule has 144 valence electrons. The molecule has 0 aliphatic rings. The van der Waals surface area contributed by atoms with E-state index in [0.29, 0.717) is 17.1 Å². The van der Waals surface area contributed by atoms with E-state index in [9.17, 15) is 9.18 Å². The Balaban J connectivity index is 1.60. The van der Waals surface area contributed by atoms with Gasteiger partial charge in [0.1, 0.15) is 11.6 Å². The van der Waals surface area contributed by atoms with Crippen LogP contribution in [0.5, 0.6) is 0 Å². The van der Waals surface area contributed by atoms with Gasteiger partial charge in [0.25, 0.3) is 5.91 Å². The van der Waals surface area contributed by atoms with Crippen LogP contribution in [-0.2, 0) is 12.0 Å². The number of halogens is 1. The molecule has 2 N–H and O–H groups in total. The maximum absolute atomic E-state index is 13.6. The molecule has 1 heterocycles. The number of amides is 1. The number of rotatable bonds is 5. The summed E-state index contributed by atoms with van der Waals surface area (Å²) in [6.07, 6.45) is 0. The Kier molecular flexibility index (Phi) is 5.68. The molecular weight excluding hydrogens is 355 g/mol. The van der Waals surface area contributed by atoms with Crippen LogP contribution in [0.25, 0.3) is 0 Å². The number of nitrogens with zero attached hydrogens (tertiary/aromatic N) is 2. The molecule has 3 rings (SSSR count). The molecule has 2 aromatic carbocycles. The predicted molar refractivity (Wildman–Crippen MR) is 109 cm³/mol. The van der Waals surface area contributed by atoms with Crippen LogP contribution in [0.1, 0.15) is 42.4 Å². The van der Waals surface area contributed by atoms with Crippen molar-refractivity contribution in [2.75, 3.05) is 10.6 Å². The summed E-state index contributed by atoms with van der Waals surface area (Å²) in [6, 6.07) is 17.5. The molecule has 0 aliphatic heterocycles. The van der Waals surface area contributed by atoms with Crippen molar-refractivity contribution in [1.82, 2.24) is 10.2 Å². The van der Waals surface area contributed by atoms with Gasteiger partial charge in [0.15, 0.2) is 5.69 Å². The number of hydrogen-bond acceptors (Lipinski definition) is 4. The van der Waals surface area contributed by atoms with Crippen molar-refractivity contribution in [1.29, 1.82) is 0 Å². The molecule has 0 fully saturated rings. The van der Waals surface area contributed by atoms with Gasteiger partial charge in [0, 0.05) is 17.8 Å². The number of carbonyl (C=O) groups excluding carboxylic acids is 1. The Hall–Kier alpha value is -3.28. The van der Waals surface area contributed by atoms with Crippen molar-refractivity contribution < 1.29 is 9.18 Å². The Morgan fingerprint density at radius 2 is 1.68 bits per heavy atom. The van der Waals surface area contributed by atoms with Gasteiger partial charge in [0.2, 0.25) is 0 Å². The van der Waals surface area contributed by atoms with Crippen molar-refractivity contribution in [3.8, 4) is 0 Å². The summed E-state index contributed by atoms with van der Waals surface area (Å²) in [5.41, 5.74) is 2.68. The highest BCUT2D eigenvalue weighted by molar-refractivity contribution is 6.02. The Morgan fingerprint density at radius 1 is 0.964 bits per heavy atom. The Morgan fingerprint density at radius 3 is 2.29 bits per heavy atom. The molecule has 0 unspecified atom stereocenters. The quantitative estimate of drug-likeness (QED) is 0.671. The first-order valence-electron chi connectivity index (χ1n) is 9.06. The van der Waals surface area contributed by atoms with Crippen molar-refractivity contribution in [3.63, 3.8) is 0 Å². The second-order valence-electron chi connectivity index (χ2n) is 7.53. The van der Waals surface area contributed by atoms with E-state index in [1.807, 2.05) is 24.3 Å². The number of benzene rings is 2. The molecule has 0 radical (unpaired) electrons. The second kappa shape index (κ2) is 8.17. The summed E-state index contributed by atoms with van der Waals surface area (Å²) in [6.45, 7) is 6.70. The lowest BCUT2D eigenvalue weighted by Gasteiger charge is -2.19. The highest BCUT2D eigenvalue weighted by Gasteiger charge is 2.14. The fraction of sp³-hybridized carbons (Fsp3) is 0.227. The number of hydrogen-bond donors (Lipinski definition) is 2. The highest BCUT2D eigenvalue weighted by Crippen LogP contribution is 2.23. The minimum absolute atomic E-state index is 0.0551. The van der Waals surface area contributed by atoms with E-state index in [-0.39, 0.29) is 29.4 Å². The van der Waals surface area contributed by atoms with E-state index < -0.39 is 0 Å². The number of anilines is 2. The summed E-state index contributed by atoms with van der Waals surface area (Å²) in [7, 11) is 0. The van der Waals surface area contributed by atoms with Crippen LogP contribution in [0.2, 0.25) is 0 Å². The standard InChI is InChI=1S/C22H23FN4O/c1-22(2,3)16-8-10-17(11-9-16)25-21(28)19-12-13-20(27-26-19)24-14-15-6-4-5-7-18(15)23/h4-13H,14H2,1-3H3,(H,24,27)(H,25,28). The molecule has 0 aliphatic carbocycles. The minimum atomic E-state index is -0.336. The van der Waals surface area contributed by atoms with Crippen LogP contribution in [0.4, 0.5) is 15.9 Å². The summed E-state index contributed by atoms with van der Waals surface area (Å²) in [5, 5.41) is 13.7. The maximum Gasteiger partial charge on any atom is 0.276 e. The second-order valence-corrected chi connectivity index (χ2v) is 7.53. The normalized spacial score (nSPS) is 11.1. The third-order valence-corrected chi connectivity index (χ3v) is 4.32. The zero-order chi connectivity index (χ0) is 20.1. The molecule has 6 heteroatoms. The average Bonchev–Trinajstić information content (AvgIpc) is 2.67. The van der Waals surface area contributed by atoms with E-state index in [0.717, 1.165) is 0 Å². The average molecular weight is 378 g/mol. The van der Waals surface area contributed by atoms with Crippen LogP contribution in [-0.4, -0.2) is 16.1 Å². The van der Waals surface area contributed by atoms with Gasteiger partial charge in [-0.3, -0.25) is 4.79 Å². The Labute approximate surface area is 164 Å². The fourth-order valence-corrected chi connectivity index (χ4v) is 2.62. The van der Waals surface area contributed by atoms with E-state index in [1.165, 1.54) is 11.6 Å². The van der Waals surface area contributed by atoms with Gasteiger partial charge in [-0.1, -0.05) is 51.1 Å². The van der Waals surface area contributed by atoms with Crippen molar-refractivity contribution in [3.05, 3.63) is 83.3 Å². The number of nitrogens with one attached hydrogen (secondary N) is 2. The SMILES string of the molecule is CC(C)(C)c1ccc(NC(=O)c2ccc(NCc3ccccc3F)nn2)cc1. The molecular formula is C22H23FN4O. The van der Waals surface area contributed by atoms with Crippen molar-refractivity contribution in [2.24, 2.45) is 0 Å². The monoisotopic (exact) mass is 378 g/mol. The third-order valence-electron chi connectivity index (χ3n) is 4.32. The van der Waals surface area contributed by atoms with Gasteiger partial charge >= 0.3 is 0 Å². The topological polar surface area (TPSA) is 66.9 Å². The molecule has 5 nitrogen and oxygen atoms in total. The molecule has 1 aromatic heterocycles. The zero-order valence-electron chi connectivity index (χ0n) is 16.2. The maximum atomic E-state index is 13.6. The van der Waals surface area contributed by atoms with Gasteiger partial charge in [-0.25, -0.2) is 4.39 Å². The highest BCUT2D eigenvalue weighted by atomic mass is 19.1. The summed E-state index contributed by atoms with van der Waals surface area (Å²) in [5.74, 6) is -0.151.